The number of hydrogen-bond donors (Lipinski definition) is 0. The first kappa shape index (κ1) is 21.5. The minimum Gasteiger partial charge on any atom is -0.467 e. The molecule has 1 aromatic heterocycles. The molecule has 0 radical (unpaired) electrons. The summed E-state index contributed by atoms with van der Waals surface area (Å²) in [4.78, 5) is 28.5. The number of amides is 1. The number of hydrogen-bond acceptors (Lipinski definition) is 4. The van der Waals surface area contributed by atoms with Crippen molar-refractivity contribution in [2.75, 3.05) is 19.9 Å². The van der Waals surface area contributed by atoms with Crippen LogP contribution in [0.2, 0.25) is 0 Å². The summed E-state index contributed by atoms with van der Waals surface area (Å²) in [6, 6.07) is 15.8. The lowest BCUT2D eigenvalue weighted by Gasteiger charge is -2.33. The van der Waals surface area contributed by atoms with E-state index in [0.29, 0.717) is 18.5 Å². The van der Waals surface area contributed by atoms with E-state index in [2.05, 4.69) is 42.0 Å². The van der Waals surface area contributed by atoms with Crippen LogP contribution in [0.5, 0.6) is 0 Å². The number of ether oxygens (including phenoxy) is 1. The van der Waals surface area contributed by atoms with E-state index in [1.165, 1.54) is 23.3 Å². The number of esters is 1. The second kappa shape index (κ2) is 9.18. The summed E-state index contributed by atoms with van der Waals surface area (Å²) in [5.74, 6) is -0.429. The lowest BCUT2D eigenvalue weighted by atomic mass is 10.0. The molecule has 1 amide bonds. The Balaban J connectivity index is 1.72. The van der Waals surface area contributed by atoms with Crippen LogP contribution in [-0.4, -0.2) is 47.3 Å². The van der Waals surface area contributed by atoms with E-state index in [9.17, 15) is 9.59 Å². The van der Waals surface area contributed by atoms with Crippen molar-refractivity contribution in [3.05, 3.63) is 65.4 Å². The number of carbonyl (C=O) groups excluding carboxylic acids is 2. The third-order valence-corrected chi connectivity index (χ3v) is 7.06. The second-order valence-electron chi connectivity index (χ2n) is 7.96. The Morgan fingerprint density at radius 1 is 1.13 bits per heavy atom. The molecule has 2 heterocycles. The third kappa shape index (κ3) is 4.09. The van der Waals surface area contributed by atoms with Crippen LogP contribution in [0.25, 0.3) is 10.9 Å². The molecule has 4 rings (SSSR count). The lowest BCUT2D eigenvalue weighted by molar-refractivity contribution is -0.147. The van der Waals surface area contributed by atoms with Gasteiger partial charge in [-0.05, 0) is 56.2 Å². The molecule has 2 aromatic carbocycles. The van der Waals surface area contributed by atoms with Gasteiger partial charge in [-0.2, -0.15) is 0 Å². The molecule has 0 spiro atoms. The van der Waals surface area contributed by atoms with Crippen LogP contribution < -0.4 is 0 Å². The number of benzene rings is 2. The molecule has 162 valence electrons. The summed E-state index contributed by atoms with van der Waals surface area (Å²) in [5, 5.41) is 1.08. The zero-order valence-corrected chi connectivity index (χ0v) is 19.1. The molecule has 1 fully saturated rings. The molecule has 3 aromatic rings. The Hall–Kier alpha value is -2.73. The zero-order valence-electron chi connectivity index (χ0n) is 18.3. The van der Waals surface area contributed by atoms with Crippen LogP contribution in [0.4, 0.5) is 0 Å². The minimum absolute atomic E-state index is 0.0995. The van der Waals surface area contributed by atoms with Crippen LogP contribution in [0.3, 0.4) is 0 Å². The predicted molar refractivity (Wildman–Crippen MR) is 125 cm³/mol. The first-order valence-corrected chi connectivity index (χ1v) is 11.9. The molecule has 1 atom stereocenters. The van der Waals surface area contributed by atoms with Gasteiger partial charge >= 0.3 is 5.97 Å². The topological polar surface area (TPSA) is 51.5 Å². The number of carbonyl (C=O) groups is 2. The number of rotatable bonds is 5. The van der Waals surface area contributed by atoms with Crippen molar-refractivity contribution in [2.24, 2.45) is 0 Å². The maximum Gasteiger partial charge on any atom is 0.328 e. The van der Waals surface area contributed by atoms with Crippen LogP contribution in [-0.2, 0) is 16.1 Å². The Morgan fingerprint density at radius 2 is 1.90 bits per heavy atom. The Bertz CT molecular complexity index is 1110. The Kier molecular flexibility index (Phi) is 6.37. The smallest absolute Gasteiger partial charge is 0.328 e. The molecule has 31 heavy (non-hydrogen) atoms. The van der Waals surface area contributed by atoms with Crippen LogP contribution in [0.1, 0.15) is 40.9 Å². The van der Waals surface area contributed by atoms with Crippen molar-refractivity contribution in [1.29, 1.82) is 0 Å². The van der Waals surface area contributed by atoms with Crippen molar-refractivity contribution in [2.45, 2.75) is 43.7 Å². The maximum atomic E-state index is 13.4. The molecule has 0 bridgehead atoms. The highest BCUT2D eigenvalue weighted by Crippen LogP contribution is 2.34. The summed E-state index contributed by atoms with van der Waals surface area (Å²) < 4.78 is 7.26. The quantitative estimate of drug-likeness (QED) is 0.422. The lowest BCUT2D eigenvalue weighted by Crippen LogP contribution is -2.48. The van der Waals surface area contributed by atoms with E-state index in [-0.39, 0.29) is 11.9 Å². The van der Waals surface area contributed by atoms with Gasteiger partial charge in [0.15, 0.2) is 0 Å². The highest BCUT2D eigenvalue weighted by Gasteiger charge is 2.33. The second-order valence-corrected chi connectivity index (χ2v) is 8.77. The maximum absolute atomic E-state index is 13.4. The fraction of sp³-hybridized carbons (Fsp3) is 0.360. The summed E-state index contributed by atoms with van der Waals surface area (Å²) >= 11 is 1.70. The number of nitrogens with zero attached hydrogens (tertiary/aromatic N) is 2. The monoisotopic (exact) mass is 436 g/mol. The number of methoxy groups -OCH3 is 1. The van der Waals surface area contributed by atoms with Crippen LogP contribution >= 0.6 is 11.8 Å². The number of likely N-dealkylation sites (tertiary alicyclic amines) is 1. The van der Waals surface area contributed by atoms with Crippen molar-refractivity contribution >= 4 is 34.5 Å². The third-order valence-electron chi connectivity index (χ3n) is 6.14. The van der Waals surface area contributed by atoms with Crippen molar-refractivity contribution in [3.63, 3.8) is 0 Å². The number of thioether (sulfide) groups is 1. The van der Waals surface area contributed by atoms with E-state index >= 15 is 0 Å². The molecule has 1 saturated heterocycles. The van der Waals surface area contributed by atoms with Gasteiger partial charge in [-0.25, -0.2) is 4.79 Å². The van der Waals surface area contributed by atoms with E-state index in [1.54, 1.807) is 16.7 Å². The normalized spacial score (nSPS) is 16.5. The molecule has 1 unspecified atom stereocenters. The molecular formula is C25H28N2O3S. The highest BCUT2D eigenvalue weighted by atomic mass is 32.2. The summed E-state index contributed by atoms with van der Waals surface area (Å²) in [6.07, 6.45) is 4.56. The SMILES string of the molecule is COC(=O)C1CCCCN1C(=O)c1ccc2c(c1)c(SC)c(C)n2Cc1ccccc1. The average molecular weight is 437 g/mol. The van der Waals surface area contributed by atoms with Gasteiger partial charge in [-0.3, -0.25) is 4.79 Å². The van der Waals surface area contributed by atoms with E-state index in [1.807, 2.05) is 24.3 Å². The minimum atomic E-state index is -0.494. The van der Waals surface area contributed by atoms with Gasteiger partial charge < -0.3 is 14.2 Å². The van der Waals surface area contributed by atoms with Crippen molar-refractivity contribution in [1.82, 2.24) is 9.47 Å². The molecule has 1 aliphatic rings. The molecular weight excluding hydrogens is 408 g/mol. The number of aromatic nitrogens is 1. The first-order valence-electron chi connectivity index (χ1n) is 10.6. The van der Waals surface area contributed by atoms with E-state index < -0.39 is 6.04 Å². The molecule has 5 nitrogen and oxygen atoms in total. The van der Waals surface area contributed by atoms with Gasteiger partial charge in [-0.1, -0.05) is 30.3 Å². The summed E-state index contributed by atoms with van der Waals surface area (Å²) in [7, 11) is 1.38. The fourth-order valence-electron chi connectivity index (χ4n) is 4.53. The first-order chi connectivity index (χ1) is 15.0. The largest absolute Gasteiger partial charge is 0.467 e. The average Bonchev–Trinajstić information content (AvgIpc) is 3.08. The molecule has 0 aliphatic carbocycles. The van der Waals surface area contributed by atoms with Crippen LogP contribution in [0, 0.1) is 6.92 Å². The fourth-order valence-corrected chi connectivity index (χ4v) is 5.32. The van der Waals surface area contributed by atoms with Crippen LogP contribution in [0.15, 0.2) is 53.4 Å². The van der Waals surface area contributed by atoms with Gasteiger partial charge in [0.1, 0.15) is 6.04 Å². The Labute approximate surface area is 187 Å². The van der Waals surface area contributed by atoms with Gasteiger partial charge in [0.25, 0.3) is 5.91 Å². The summed E-state index contributed by atoms with van der Waals surface area (Å²) in [5.41, 5.74) is 4.17. The predicted octanol–water partition coefficient (Wildman–Crippen LogP) is 4.89. The Morgan fingerprint density at radius 3 is 2.61 bits per heavy atom. The molecule has 0 saturated carbocycles. The van der Waals surface area contributed by atoms with E-state index in [0.717, 1.165) is 30.3 Å². The standard InChI is InChI=1S/C25H28N2O3S/c1-17-23(31-3)20-15-19(24(28)26-14-8-7-11-22(26)25(29)30-2)12-13-21(20)27(17)16-18-9-5-4-6-10-18/h4-6,9-10,12-13,15,22H,7-8,11,14,16H2,1-3H3. The van der Waals surface area contributed by atoms with Crippen molar-refractivity contribution in [3.8, 4) is 0 Å². The van der Waals surface area contributed by atoms with Crippen molar-refractivity contribution < 1.29 is 14.3 Å². The molecule has 0 N–H and O–H groups in total. The number of piperidine rings is 1. The van der Waals surface area contributed by atoms with Gasteiger partial charge in [0.05, 0.1) is 7.11 Å². The van der Waals surface area contributed by atoms with Gasteiger partial charge in [0, 0.05) is 40.1 Å². The summed E-state index contributed by atoms with van der Waals surface area (Å²) in [6.45, 7) is 3.50. The molecule has 1 aliphatic heterocycles. The van der Waals surface area contributed by atoms with Gasteiger partial charge in [-0.15, -0.1) is 11.8 Å². The van der Waals surface area contributed by atoms with E-state index in [4.69, 9.17) is 4.74 Å². The zero-order chi connectivity index (χ0) is 22.0. The highest BCUT2D eigenvalue weighted by molar-refractivity contribution is 7.98. The molecule has 6 heteroatoms. The van der Waals surface area contributed by atoms with Gasteiger partial charge in [0.2, 0.25) is 0 Å². The number of fused-ring (bicyclic) bond motifs is 1.